The first-order chi connectivity index (χ1) is 20.5. The van der Waals surface area contributed by atoms with Crippen LogP contribution in [0.4, 0.5) is 0 Å². The fourth-order valence-electron chi connectivity index (χ4n) is 3.83. The van der Waals surface area contributed by atoms with Gasteiger partial charge in [-0.3, -0.25) is 14.6 Å². The third-order valence-corrected chi connectivity index (χ3v) is 6.11. The standard InChI is InChI=1S/C35H49N3O4/c1-2-3-4-5-6-7-8-9-10-11-12-13-14-15-16-17-18-26-33(39)37-29-20-19-25-32(35(41)42)38-34(40)27-21-23-31-24-22-28-36-30-31/h3-4,6-7,9-10,12-13,15-16,21-24,28,30,32H,2,5,8,11,14,17-20,25-27,29H2,1H3,(H,37,39)(H,38,40)(H,41,42)/t32-/m0/s1. The number of aromatic nitrogens is 1. The molecule has 0 aliphatic carbocycles. The predicted molar refractivity (Wildman–Crippen MR) is 173 cm³/mol. The van der Waals surface area contributed by atoms with Gasteiger partial charge in [0.1, 0.15) is 6.04 Å². The number of nitrogens with one attached hydrogen (secondary N) is 2. The van der Waals surface area contributed by atoms with Crippen LogP contribution < -0.4 is 10.6 Å². The molecular weight excluding hydrogens is 526 g/mol. The summed E-state index contributed by atoms with van der Waals surface area (Å²) < 4.78 is 0. The highest BCUT2D eigenvalue weighted by atomic mass is 16.4. The summed E-state index contributed by atoms with van der Waals surface area (Å²) in [5, 5.41) is 14.9. The fraction of sp³-hybridized carbons (Fsp3) is 0.429. The summed E-state index contributed by atoms with van der Waals surface area (Å²) in [5.41, 5.74) is 0.872. The number of carbonyl (C=O) groups is 3. The second kappa shape index (κ2) is 25.9. The second-order valence-corrected chi connectivity index (χ2v) is 9.80. The summed E-state index contributed by atoms with van der Waals surface area (Å²) in [6.45, 7) is 2.63. The topological polar surface area (TPSA) is 108 Å². The van der Waals surface area contributed by atoms with Crippen LogP contribution in [-0.4, -0.2) is 40.5 Å². The van der Waals surface area contributed by atoms with E-state index >= 15 is 0 Å². The van der Waals surface area contributed by atoms with Gasteiger partial charge in [0.25, 0.3) is 0 Å². The van der Waals surface area contributed by atoms with Crippen LogP contribution >= 0.6 is 0 Å². The zero-order valence-electron chi connectivity index (χ0n) is 25.1. The molecular formula is C35H49N3O4. The van der Waals surface area contributed by atoms with Crippen molar-refractivity contribution in [2.24, 2.45) is 0 Å². The van der Waals surface area contributed by atoms with Gasteiger partial charge < -0.3 is 15.7 Å². The van der Waals surface area contributed by atoms with E-state index in [0.717, 1.165) is 50.5 Å². The molecule has 0 fully saturated rings. The first kappa shape index (κ1) is 36.0. The highest BCUT2D eigenvalue weighted by Crippen LogP contribution is 2.04. The number of carboxylic acid groups (broad SMARTS) is 1. The molecule has 1 rings (SSSR count). The Balaban J connectivity index is 2.05. The van der Waals surface area contributed by atoms with Gasteiger partial charge in [0.05, 0.1) is 0 Å². The lowest BCUT2D eigenvalue weighted by atomic mass is 10.1. The first-order valence-electron chi connectivity index (χ1n) is 15.1. The Kier molecular flexibility index (Phi) is 22.2. The smallest absolute Gasteiger partial charge is 0.326 e. The SMILES string of the molecule is CCC=CCC=CCC=CCC=CCC=CCCCC(=O)NCCCC[C@H](NC(=O)CC=Cc1cccnc1)C(=O)O. The Morgan fingerprint density at radius 3 is 2.07 bits per heavy atom. The maximum absolute atomic E-state index is 12.1. The molecule has 0 radical (unpaired) electrons. The van der Waals surface area contributed by atoms with E-state index in [-0.39, 0.29) is 18.2 Å². The highest BCUT2D eigenvalue weighted by molar-refractivity contribution is 5.84. The van der Waals surface area contributed by atoms with Crippen LogP contribution in [-0.2, 0) is 14.4 Å². The van der Waals surface area contributed by atoms with E-state index < -0.39 is 12.0 Å². The van der Waals surface area contributed by atoms with Gasteiger partial charge in [-0.2, -0.15) is 0 Å². The maximum Gasteiger partial charge on any atom is 0.326 e. The van der Waals surface area contributed by atoms with E-state index in [9.17, 15) is 19.5 Å². The minimum atomic E-state index is -1.06. The van der Waals surface area contributed by atoms with Crippen molar-refractivity contribution in [1.82, 2.24) is 15.6 Å². The van der Waals surface area contributed by atoms with Crippen LogP contribution in [0.2, 0.25) is 0 Å². The van der Waals surface area contributed by atoms with Crippen LogP contribution in [0.25, 0.3) is 6.08 Å². The average Bonchev–Trinajstić information content (AvgIpc) is 2.98. The predicted octanol–water partition coefficient (Wildman–Crippen LogP) is 7.26. The molecule has 0 saturated carbocycles. The van der Waals surface area contributed by atoms with Crippen LogP contribution in [0.5, 0.6) is 0 Å². The Labute approximate surface area is 252 Å². The number of carbonyl (C=O) groups excluding carboxylic acids is 2. The molecule has 228 valence electrons. The van der Waals surface area contributed by atoms with E-state index in [1.165, 1.54) is 0 Å². The highest BCUT2D eigenvalue weighted by Gasteiger charge is 2.18. The van der Waals surface area contributed by atoms with Crippen molar-refractivity contribution in [2.75, 3.05) is 6.54 Å². The van der Waals surface area contributed by atoms with Gasteiger partial charge in [0, 0.05) is 31.8 Å². The summed E-state index contributed by atoms with van der Waals surface area (Å²) in [7, 11) is 0. The normalized spacial score (nSPS) is 12.9. The van der Waals surface area contributed by atoms with E-state index in [1.54, 1.807) is 30.6 Å². The quantitative estimate of drug-likeness (QED) is 0.0940. The molecule has 1 aromatic rings. The maximum atomic E-state index is 12.1. The molecule has 7 heteroatoms. The Bertz CT molecular complexity index is 1060. The molecule has 42 heavy (non-hydrogen) atoms. The molecule has 0 unspecified atom stereocenters. The molecule has 3 N–H and O–H groups in total. The molecule has 1 heterocycles. The number of allylic oxidation sites excluding steroid dienone is 10. The van der Waals surface area contributed by atoms with E-state index in [2.05, 4.69) is 83.3 Å². The van der Waals surface area contributed by atoms with Gasteiger partial charge in [-0.1, -0.05) is 85.9 Å². The van der Waals surface area contributed by atoms with Gasteiger partial charge >= 0.3 is 5.97 Å². The number of hydrogen-bond acceptors (Lipinski definition) is 4. The largest absolute Gasteiger partial charge is 0.480 e. The van der Waals surface area contributed by atoms with Gasteiger partial charge in [-0.05, 0) is 75.8 Å². The monoisotopic (exact) mass is 575 g/mol. The second-order valence-electron chi connectivity index (χ2n) is 9.80. The summed E-state index contributed by atoms with van der Waals surface area (Å²) in [5.74, 6) is -1.40. The molecule has 0 spiro atoms. The zero-order chi connectivity index (χ0) is 30.5. The summed E-state index contributed by atoms with van der Waals surface area (Å²) in [6, 6.07) is 2.73. The Morgan fingerprint density at radius 1 is 0.833 bits per heavy atom. The van der Waals surface area contributed by atoms with E-state index in [1.807, 2.05) is 6.07 Å². The number of nitrogens with zero attached hydrogens (tertiary/aromatic N) is 1. The number of pyridine rings is 1. The van der Waals surface area contributed by atoms with E-state index in [4.69, 9.17) is 0 Å². The molecule has 0 bridgehead atoms. The lowest BCUT2D eigenvalue weighted by Gasteiger charge is -2.14. The Hall–Kier alpha value is -4.00. The third kappa shape index (κ3) is 21.8. The number of hydrogen-bond donors (Lipinski definition) is 3. The number of rotatable bonds is 23. The Morgan fingerprint density at radius 2 is 1.48 bits per heavy atom. The number of unbranched alkanes of at least 4 members (excludes halogenated alkanes) is 2. The fourth-order valence-corrected chi connectivity index (χ4v) is 3.83. The molecule has 0 saturated heterocycles. The van der Waals surface area contributed by atoms with Crippen molar-refractivity contribution in [3.63, 3.8) is 0 Å². The minimum absolute atomic E-state index is 0.00541. The third-order valence-electron chi connectivity index (χ3n) is 6.11. The van der Waals surface area contributed by atoms with Crippen molar-refractivity contribution >= 4 is 23.9 Å². The average molecular weight is 576 g/mol. The number of amides is 2. The van der Waals surface area contributed by atoms with Crippen molar-refractivity contribution in [1.29, 1.82) is 0 Å². The van der Waals surface area contributed by atoms with Crippen LogP contribution in [0, 0.1) is 0 Å². The molecule has 0 aliphatic heterocycles. The lowest BCUT2D eigenvalue weighted by Crippen LogP contribution is -2.40. The van der Waals surface area contributed by atoms with Crippen LogP contribution in [0.3, 0.4) is 0 Å². The van der Waals surface area contributed by atoms with Crippen molar-refractivity contribution in [3.8, 4) is 0 Å². The zero-order valence-corrected chi connectivity index (χ0v) is 25.1. The van der Waals surface area contributed by atoms with E-state index in [0.29, 0.717) is 32.2 Å². The molecule has 1 aromatic heterocycles. The van der Waals surface area contributed by atoms with Crippen molar-refractivity contribution in [3.05, 3.63) is 96.9 Å². The van der Waals surface area contributed by atoms with Gasteiger partial charge in [-0.15, -0.1) is 0 Å². The summed E-state index contributed by atoms with van der Waals surface area (Å²) in [6.07, 6.45) is 37.1. The van der Waals surface area contributed by atoms with Crippen LogP contribution in [0.15, 0.2) is 91.4 Å². The molecule has 1 atom stereocenters. The lowest BCUT2D eigenvalue weighted by molar-refractivity contribution is -0.142. The minimum Gasteiger partial charge on any atom is -0.480 e. The number of aliphatic carboxylic acids is 1. The molecule has 0 aromatic carbocycles. The van der Waals surface area contributed by atoms with Gasteiger partial charge in [-0.25, -0.2) is 4.79 Å². The van der Waals surface area contributed by atoms with Crippen LogP contribution in [0.1, 0.15) is 89.5 Å². The molecule has 2 amide bonds. The van der Waals surface area contributed by atoms with Crippen molar-refractivity contribution < 1.29 is 19.5 Å². The van der Waals surface area contributed by atoms with Crippen molar-refractivity contribution in [2.45, 2.75) is 90.0 Å². The summed E-state index contributed by atoms with van der Waals surface area (Å²) in [4.78, 5) is 39.7. The number of carboxylic acids is 1. The molecule has 0 aliphatic rings. The van der Waals surface area contributed by atoms with Gasteiger partial charge in [0.2, 0.25) is 11.8 Å². The first-order valence-corrected chi connectivity index (χ1v) is 15.1. The van der Waals surface area contributed by atoms with Gasteiger partial charge in [0.15, 0.2) is 0 Å². The summed E-state index contributed by atoms with van der Waals surface area (Å²) >= 11 is 0. The molecule has 7 nitrogen and oxygen atoms in total.